The maximum absolute atomic E-state index is 2.49. The van der Waals surface area contributed by atoms with E-state index in [0.717, 1.165) is 23.7 Å². The van der Waals surface area contributed by atoms with Gasteiger partial charge >= 0.3 is 0 Å². The molecule has 0 N–H and O–H groups in total. The lowest BCUT2D eigenvalue weighted by Gasteiger charge is -2.65. The smallest absolute Gasteiger partial charge is 0.0290 e. The van der Waals surface area contributed by atoms with Crippen LogP contribution in [0.3, 0.4) is 0 Å². The maximum Gasteiger partial charge on any atom is -0.0290 e. The van der Waals surface area contributed by atoms with Crippen molar-refractivity contribution in [1.29, 1.82) is 0 Å². The number of rotatable bonds is 1. The highest BCUT2D eigenvalue weighted by atomic mass is 14.6. The zero-order valence-corrected chi connectivity index (χ0v) is 8.93. The van der Waals surface area contributed by atoms with E-state index in [1.54, 1.807) is 0 Å². The maximum atomic E-state index is 2.49. The number of hydrogen-bond donors (Lipinski definition) is 0. The topological polar surface area (TPSA) is 0 Å². The van der Waals surface area contributed by atoms with Gasteiger partial charge in [-0.05, 0) is 35.5 Å². The summed E-state index contributed by atoms with van der Waals surface area (Å²) < 4.78 is 0. The van der Waals surface area contributed by atoms with Crippen molar-refractivity contribution in [2.75, 3.05) is 0 Å². The molecular weight excluding hydrogens is 144 g/mol. The monoisotopic (exact) mass is 166 g/mol. The molecule has 3 aliphatic carbocycles. The molecule has 0 heterocycles. The summed E-state index contributed by atoms with van der Waals surface area (Å²) in [6, 6.07) is 0. The lowest BCUT2D eigenvalue weighted by atomic mass is 9.40. The number of fused-ring (bicyclic) bond motifs is 2. The van der Waals surface area contributed by atoms with Crippen LogP contribution in [0.1, 0.15) is 47.0 Å². The van der Waals surface area contributed by atoms with Crippen molar-refractivity contribution in [1.82, 2.24) is 0 Å². The van der Waals surface area contributed by atoms with Gasteiger partial charge in [0.15, 0.2) is 0 Å². The Morgan fingerprint density at radius 3 is 2.25 bits per heavy atom. The Hall–Kier alpha value is 0. The van der Waals surface area contributed by atoms with E-state index in [1.807, 2.05) is 0 Å². The average molecular weight is 166 g/mol. The van der Waals surface area contributed by atoms with Gasteiger partial charge in [-0.25, -0.2) is 0 Å². The van der Waals surface area contributed by atoms with E-state index in [2.05, 4.69) is 27.7 Å². The van der Waals surface area contributed by atoms with E-state index in [1.165, 1.54) is 19.3 Å². The molecule has 0 aromatic carbocycles. The van der Waals surface area contributed by atoms with E-state index in [9.17, 15) is 0 Å². The van der Waals surface area contributed by atoms with Crippen molar-refractivity contribution in [2.24, 2.45) is 29.1 Å². The summed E-state index contributed by atoms with van der Waals surface area (Å²) in [6.07, 6.45) is 4.42. The highest BCUT2D eigenvalue weighted by Crippen LogP contribution is 2.65. The molecule has 3 saturated carbocycles. The first-order chi connectivity index (χ1) is 5.59. The molecule has 4 atom stereocenters. The molecule has 3 fully saturated rings. The first-order valence-corrected chi connectivity index (χ1v) is 5.59. The summed E-state index contributed by atoms with van der Waals surface area (Å²) in [5.41, 5.74) is 0.679. The van der Waals surface area contributed by atoms with Crippen molar-refractivity contribution in [3.8, 4) is 0 Å². The molecule has 0 aromatic rings. The van der Waals surface area contributed by atoms with Gasteiger partial charge in [0.1, 0.15) is 0 Å². The third-order valence-corrected chi connectivity index (χ3v) is 4.81. The van der Waals surface area contributed by atoms with Gasteiger partial charge in [-0.3, -0.25) is 0 Å². The summed E-state index contributed by atoms with van der Waals surface area (Å²) in [5.74, 6) is 4.17. The zero-order chi connectivity index (χ0) is 8.93. The molecule has 0 nitrogen and oxygen atoms in total. The molecule has 0 heteroatoms. The van der Waals surface area contributed by atoms with E-state index in [4.69, 9.17) is 0 Å². The summed E-state index contributed by atoms with van der Waals surface area (Å²) in [4.78, 5) is 0. The van der Waals surface area contributed by atoms with Crippen molar-refractivity contribution in [2.45, 2.75) is 47.0 Å². The van der Waals surface area contributed by atoms with Gasteiger partial charge in [0.05, 0.1) is 0 Å². The number of hydrogen-bond acceptors (Lipinski definition) is 0. The highest BCUT2D eigenvalue weighted by molar-refractivity contribution is 5.07. The molecule has 0 aliphatic heterocycles. The van der Waals surface area contributed by atoms with Crippen LogP contribution in [0.2, 0.25) is 0 Å². The third kappa shape index (κ3) is 0.843. The van der Waals surface area contributed by atoms with Crippen LogP contribution in [0.4, 0.5) is 0 Å². The fourth-order valence-electron chi connectivity index (χ4n) is 4.38. The molecule has 0 amide bonds. The Morgan fingerprint density at radius 2 is 1.92 bits per heavy atom. The molecule has 4 unspecified atom stereocenters. The summed E-state index contributed by atoms with van der Waals surface area (Å²) in [7, 11) is 0. The highest BCUT2D eigenvalue weighted by Gasteiger charge is 2.58. The Kier molecular flexibility index (Phi) is 1.79. The Balaban J connectivity index is 2.18. The standard InChI is InChI=1S/C12H22/c1-5-9-10-7-6-8(2)11(9)12(10,3)4/h8-11H,5-7H2,1-4H3. The lowest BCUT2D eigenvalue weighted by molar-refractivity contribution is -0.166. The fraction of sp³-hybridized carbons (Fsp3) is 1.00. The van der Waals surface area contributed by atoms with Crippen LogP contribution in [0.15, 0.2) is 0 Å². The minimum absolute atomic E-state index is 0.679. The first kappa shape index (κ1) is 8.59. The SMILES string of the molecule is CCC1C2CCC(C)C1C2(C)C. The van der Waals surface area contributed by atoms with Crippen LogP contribution >= 0.6 is 0 Å². The van der Waals surface area contributed by atoms with Gasteiger partial charge in [0, 0.05) is 0 Å². The quantitative estimate of drug-likeness (QED) is 0.557. The predicted molar refractivity (Wildman–Crippen MR) is 52.9 cm³/mol. The van der Waals surface area contributed by atoms with Gasteiger partial charge in [0.25, 0.3) is 0 Å². The van der Waals surface area contributed by atoms with Crippen LogP contribution in [0, 0.1) is 29.1 Å². The van der Waals surface area contributed by atoms with Crippen molar-refractivity contribution in [3.63, 3.8) is 0 Å². The average Bonchev–Trinajstić information content (AvgIpc) is 2.01. The second-order valence-electron chi connectivity index (χ2n) is 5.58. The second kappa shape index (κ2) is 2.49. The summed E-state index contributed by atoms with van der Waals surface area (Å²) in [6.45, 7) is 9.82. The molecular formula is C12H22. The normalized spacial score (nSPS) is 50.0. The molecule has 3 aliphatic rings. The van der Waals surface area contributed by atoms with Crippen LogP contribution in [0.25, 0.3) is 0 Å². The summed E-state index contributed by atoms with van der Waals surface area (Å²) in [5, 5.41) is 0. The Labute approximate surface area is 76.7 Å². The van der Waals surface area contributed by atoms with Crippen LogP contribution in [-0.2, 0) is 0 Å². The molecule has 0 aromatic heterocycles. The van der Waals surface area contributed by atoms with Crippen molar-refractivity contribution >= 4 is 0 Å². The van der Waals surface area contributed by atoms with Crippen LogP contribution in [0.5, 0.6) is 0 Å². The van der Waals surface area contributed by atoms with Crippen LogP contribution < -0.4 is 0 Å². The third-order valence-electron chi connectivity index (χ3n) is 4.81. The largest absolute Gasteiger partial charge is 0.0651 e. The van der Waals surface area contributed by atoms with Gasteiger partial charge < -0.3 is 0 Å². The molecule has 2 bridgehead atoms. The predicted octanol–water partition coefficient (Wildman–Crippen LogP) is 3.71. The van der Waals surface area contributed by atoms with E-state index in [0.29, 0.717) is 5.41 Å². The molecule has 0 saturated heterocycles. The van der Waals surface area contributed by atoms with Crippen molar-refractivity contribution < 1.29 is 0 Å². The molecule has 12 heavy (non-hydrogen) atoms. The Morgan fingerprint density at radius 1 is 1.25 bits per heavy atom. The zero-order valence-electron chi connectivity index (χ0n) is 8.93. The molecule has 3 rings (SSSR count). The first-order valence-electron chi connectivity index (χ1n) is 5.59. The molecule has 0 spiro atoms. The van der Waals surface area contributed by atoms with E-state index >= 15 is 0 Å². The van der Waals surface area contributed by atoms with Gasteiger partial charge in [-0.2, -0.15) is 0 Å². The van der Waals surface area contributed by atoms with E-state index in [-0.39, 0.29) is 0 Å². The van der Waals surface area contributed by atoms with Crippen LogP contribution in [-0.4, -0.2) is 0 Å². The van der Waals surface area contributed by atoms with E-state index < -0.39 is 0 Å². The fourth-order valence-corrected chi connectivity index (χ4v) is 4.38. The Bertz CT molecular complexity index is 180. The second-order valence-corrected chi connectivity index (χ2v) is 5.58. The van der Waals surface area contributed by atoms with Gasteiger partial charge in [0.2, 0.25) is 0 Å². The minimum Gasteiger partial charge on any atom is -0.0651 e. The minimum atomic E-state index is 0.679. The van der Waals surface area contributed by atoms with Gasteiger partial charge in [-0.15, -0.1) is 0 Å². The lowest BCUT2D eigenvalue weighted by Crippen LogP contribution is -2.59. The van der Waals surface area contributed by atoms with Gasteiger partial charge in [-0.1, -0.05) is 40.5 Å². The molecule has 70 valence electrons. The summed E-state index contributed by atoms with van der Waals surface area (Å²) >= 11 is 0. The van der Waals surface area contributed by atoms with Crippen molar-refractivity contribution in [3.05, 3.63) is 0 Å². The molecule has 0 radical (unpaired) electrons.